The molecular weight excluding hydrogens is 461 g/mol. The maximum Gasteiger partial charge on any atom is 0.419 e. The Morgan fingerprint density at radius 3 is 2.66 bits per heavy atom. The van der Waals surface area contributed by atoms with Crippen molar-refractivity contribution in [3.8, 4) is 6.07 Å². The van der Waals surface area contributed by atoms with Gasteiger partial charge in [0.1, 0.15) is 17.4 Å². The SMILES string of the molecule is C=C1N(c2cnc(C#N)c(C(F)(F)F)c2)C(=O)C2(CCC2)N1c1ccc2nn(CCOC)cc2c1. The molecule has 0 bridgehead atoms. The first-order valence-electron chi connectivity index (χ1n) is 11.0. The normalized spacial score (nSPS) is 17.3. The van der Waals surface area contributed by atoms with E-state index in [2.05, 4.69) is 16.7 Å². The van der Waals surface area contributed by atoms with E-state index >= 15 is 0 Å². The number of aromatic nitrogens is 3. The Labute approximate surface area is 198 Å². The number of hydrogen-bond donors (Lipinski definition) is 0. The lowest BCUT2D eigenvalue weighted by Crippen LogP contribution is -2.54. The summed E-state index contributed by atoms with van der Waals surface area (Å²) in [6, 6.07) is 7.81. The Hall–Kier alpha value is -3.91. The summed E-state index contributed by atoms with van der Waals surface area (Å²) in [6.07, 6.45) is 0.0876. The Balaban J connectivity index is 1.56. The number of methoxy groups -OCH3 is 1. The van der Waals surface area contributed by atoms with E-state index < -0.39 is 23.0 Å². The Kier molecular flexibility index (Phi) is 5.29. The number of rotatable bonds is 5. The number of fused-ring (bicyclic) bond motifs is 1. The molecule has 8 nitrogen and oxygen atoms in total. The topological polar surface area (TPSA) is 87.3 Å². The number of benzene rings is 1. The fourth-order valence-electron chi connectivity index (χ4n) is 4.76. The van der Waals surface area contributed by atoms with E-state index in [4.69, 9.17) is 10.00 Å². The number of nitriles is 1. The number of alkyl halides is 3. The summed E-state index contributed by atoms with van der Waals surface area (Å²) in [6.45, 7) is 5.17. The zero-order valence-electron chi connectivity index (χ0n) is 18.8. The van der Waals surface area contributed by atoms with Gasteiger partial charge in [0.05, 0.1) is 36.1 Å². The van der Waals surface area contributed by atoms with Crippen LogP contribution in [0.3, 0.4) is 0 Å². The molecule has 2 fully saturated rings. The van der Waals surface area contributed by atoms with E-state index in [-0.39, 0.29) is 17.4 Å². The fourth-order valence-corrected chi connectivity index (χ4v) is 4.76. The third-order valence-electron chi connectivity index (χ3n) is 6.59. The molecule has 2 aliphatic rings. The van der Waals surface area contributed by atoms with Crippen molar-refractivity contribution in [2.75, 3.05) is 23.5 Å². The largest absolute Gasteiger partial charge is 0.419 e. The summed E-state index contributed by atoms with van der Waals surface area (Å²) in [5.41, 5.74) is -1.47. The Bertz CT molecular complexity index is 1390. The molecule has 35 heavy (non-hydrogen) atoms. The summed E-state index contributed by atoms with van der Waals surface area (Å²) in [7, 11) is 1.61. The lowest BCUT2D eigenvalue weighted by atomic mass is 9.75. The number of carbonyl (C=O) groups is 1. The molecule has 1 amide bonds. The number of nitrogens with zero attached hydrogens (tertiary/aromatic N) is 6. The molecule has 0 unspecified atom stereocenters. The van der Waals surface area contributed by atoms with Crippen molar-refractivity contribution in [2.45, 2.75) is 37.5 Å². The minimum absolute atomic E-state index is 0.0754. The second-order valence-electron chi connectivity index (χ2n) is 8.60. The molecule has 11 heteroatoms. The van der Waals surface area contributed by atoms with Crippen molar-refractivity contribution in [3.63, 3.8) is 0 Å². The maximum absolute atomic E-state index is 13.6. The monoisotopic (exact) mass is 482 g/mol. The maximum atomic E-state index is 13.6. The third kappa shape index (κ3) is 3.52. The van der Waals surface area contributed by atoms with Gasteiger partial charge in [-0.05, 0) is 43.5 Å². The highest BCUT2D eigenvalue weighted by molar-refractivity contribution is 6.11. The molecule has 5 rings (SSSR count). The molecular formula is C24H21F3N6O2. The van der Waals surface area contributed by atoms with Gasteiger partial charge in [-0.2, -0.15) is 23.5 Å². The van der Waals surface area contributed by atoms with Crippen LogP contribution in [0.5, 0.6) is 0 Å². The number of anilines is 2. The number of halogens is 3. The Morgan fingerprint density at radius 1 is 1.26 bits per heavy atom. The van der Waals surface area contributed by atoms with E-state index in [0.717, 1.165) is 29.6 Å². The van der Waals surface area contributed by atoms with Gasteiger partial charge in [-0.15, -0.1) is 0 Å². The number of amides is 1. The number of hydrogen-bond acceptors (Lipinski definition) is 6. The summed E-state index contributed by atoms with van der Waals surface area (Å²) >= 11 is 0. The minimum atomic E-state index is -4.79. The molecule has 0 atom stereocenters. The van der Waals surface area contributed by atoms with Crippen LogP contribution in [0.4, 0.5) is 24.5 Å². The van der Waals surface area contributed by atoms with Crippen LogP contribution in [0.2, 0.25) is 0 Å². The standard InChI is InChI=1S/C24H21F3N6O2/c1-15-32(18-11-19(24(25,26)27)21(12-28)29-13-18)22(34)23(6-3-7-23)33(15)17-4-5-20-16(10-17)14-31(30-20)8-9-35-2/h4-5,10-11,13-14H,1,3,6-9H2,2H3. The van der Waals surface area contributed by atoms with Crippen molar-refractivity contribution in [3.05, 3.63) is 60.3 Å². The molecule has 1 aromatic carbocycles. The summed E-state index contributed by atoms with van der Waals surface area (Å²) in [5, 5.41) is 14.4. The summed E-state index contributed by atoms with van der Waals surface area (Å²) in [4.78, 5) is 20.3. The second-order valence-corrected chi connectivity index (χ2v) is 8.60. The summed E-state index contributed by atoms with van der Waals surface area (Å²) in [5.74, 6) is -0.121. The van der Waals surface area contributed by atoms with E-state index in [1.165, 1.54) is 11.0 Å². The van der Waals surface area contributed by atoms with Gasteiger partial charge < -0.3 is 9.64 Å². The van der Waals surface area contributed by atoms with Crippen molar-refractivity contribution in [1.82, 2.24) is 14.8 Å². The lowest BCUT2D eigenvalue weighted by Gasteiger charge is -2.43. The second kappa shape index (κ2) is 8.09. The first kappa shape index (κ1) is 22.9. The highest BCUT2D eigenvalue weighted by Gasteiger charge is 2.59. The third-order valence-corrected chi connectivity index (χ3v) is 6.59. The van der Waals surface area contributed by atoms with Gasteiger partial charge in [-0.3, -0.25) is 14.4 Å². The van der Waals surface area contributed by atoms with Crippen LogP contribution in [0.1, 0.15) is 30.5 Å². The number of pyridine rings is 1. The van der Waals surface area contributed by atoms with Crippen LogP contribution in [0.25, 0.3) is 10.9 Å². The van der Waals surface area contributed by atoms with E-state index in [1.807, 2.05) is 24.4 Å². The smallest absolute Gasteiger partial charge is 0.383 e. The molecule has 1 aliphatic heterocycles. The fraction of sp³-hybridized carbons (Fsp3) is 0.333. The molecule has 1 aliphatic carbocycles. The average molecular weight is 482 g/mol. The van der Waals surface area contributed by atoms with Crippen LogP contribution >= 0.6 is 0 Å². The molecule has 1 saturated carbocycles. The summed E-state index contributed by atoms with van der Waals surface area (Å²) < 4.78 is 47.5. The molecule has 3 aromatic rings. The van der Waals surface area contributed by atoms with Crippen LogP contribution < -0.4 is 9.80 Å². The molecule has 3 heterocycles. The van der Waals surface area contributed by atoms with E-state index in [0.29, 0.717) is 31.7 Å². The van der Waals surface area contributed by atoms with Crippen LogP contribution in [0, 0.1) is 11.3 Å². The molecule has 0 radical (unpaired) electrons. The van der Waals surface area contributed by atoms with Crippen LogP contribution in [0.15, 0.2) is 49.1 Å². The van der Waals surface area contributed by atoms with E-state index in [1.54, 1.807) is 16.7 Å². The molecule has 1 saturated heterocycles. The van der Waals surface area contributed by atoms with Crippen molar-refractivity contribution >= 4 is 28.2 Å². The van der Waals surface area contributed by atoms with E-state index in [9.17, 15) is 18.0 Å². The molecule has 1 spiro atoms. The van der Waals surface area contributed by atoms with Crippen molar-refractivity contribution < 1.29 is 22.7 Å². The Morgan fingerprint density at radius 2 is 2.03 bits per heavy atom. The van der Waals surface area contributed by atoms with Crippen LogP contribution in [-0.4, -0.2) is 39.9 Å². The molecule has 2 aromatic heterocycles. The highest BCUT2D eigenvalue weighted by atomic mass is 19.4. The minimum Gasteiger partial charge on any atom is -0.383 e. The molecule has 0 N–H and O–H groups in total. The first-order chi connectivity index (χ1) is 16.7. The number of carbonyl (C=O) groups excluding carboxylic acids is 1. The predicted octanol–water partition coefficient (Wildman–Crippen LogP) is 4.22. The van der Waals surface area contributed by atoms with Gasteiger partial charge >= 0.3 is 6.18 Å². The van der Waals surface area contributed by atoms with Gasteiger partial charge in [-0.1, -0.05) is 6.58 Å². The van der Waals surface area contributed by atoms with Gasteiger partial charge in [0.25, 0.3) is 5.91 Å². The highest BCUT2D eigenvalue weighted by Crippen LogP contribution is 2.51. The molecule has 180 valence electrons. The van der Waals surface area contributed by atoms with Crippen molar-refractivity contribution in [1.29, 1.82) is 5.26 Å². The van der Waals surface area contributed by atoms with Gasteiger partial charge in [-0.25, -0.2) is 4.98 Å². The van der Waals surface area contributed by atoms with Crippen molar-refractivity contribution in [2.24, 2.45) is 0 Å². The predicted molar refractivity (Wildman–Crippen MR) is 121 cm³/mol. The quantitative estimate of drug-likeness (QED) is 0.541. The average Bonchev–Trinajstić information content (AvgIpc) is 3.31. The van der Waals surface area contributed by atoms with Gasteiger partial charge in [0, 0.05) is 24.4 Å². The number of ether oxygens (including phenoxy) is 1. The lowest BCUT2D eigenvalue weighted by molar-refractivity contribution is -0.138. The zero-order valence-corrected chi connectivity index (χ0v) is 18.8. The first-order valence-corrected chi connectivity index (χ1v) is 11.0. The van der Waals surface area contributed by atoms with Crippen LogP contribution in [-0.2, 0) is 22.3 Å². The van der Waals surface area contributed by atoms with Gasteiger partial charge in [0.2, 0.25) is 0 Å². The zero-order chi connectivity index (χ0) is 25.0. The van der Waals surface area contributed by atoms with Gasteiger partial charge in [0.15, 0.2) is 5.69 Å².